The molecule has 62 valence electrons. The highest BCUT2D eigenvalue weighted by atomic mass is 127. The summed E-state index contributed by atoms with van der Waals surface area (Å²) >= 11 is 5.64. The van der Waals surface area contributed by atoms with Crippen LogP contribution in [0.4, 0.5) is 0 Å². The van der Waals surface area contributed by atoms with Gasteiger partial charge in [0.15, 0.2) is 5.78 Å². The van der Waals surface area contributed by atoms with Crippen LogP contribution in [-0.2, 0) is 0 Å². The van der Waals surface area contributed by atoms with Gasteiger partial charge in [-0.25, -0.2) is 0 Å². The second-order valence-corrected chi connectivity index (χ2v) is 5.63. The Labute approximate surface area is 91.5 Å². The fourth-order valence-electron chi connectivity index (χ4n) is 1.08. The first-order valence-electron chi connectivity index (χ1n) is 3.35. The Balaban J connectivity index is 2.83. The van der Waals surface area contributed by atoms with Gasteiger partial charge >= 0.3 is 0 Å². The molecule has 1 nitrogen and oxygen atoms in total. The molecule has 0 radical (unpaired) electrons. The van der Waals surface area contributed by atoms with Gasteiger partial charge in [0.25, 0.3) is 0 Å². The lowest BCUT2D eigenvalue weighted by atomic mass is 10.2. The first-order chi connectivity index (χ1) is 5.70. The molecular weight excluding hydrogens is 303 g/mol. The molecular formula is C8H5IOS2. The van der Waals surface area contributed by atoms with Crippen LogP contribution >= 0.6 is 45.3 Å². The van der Waals surface area contributed by atoms with Gasteiger partial charge in [-0.1, -0.05) is 0 Å². The van der Waals surface area contributed by atoms with E-state index in [2.05, 4.69) is 28.0 Å². The molecule has 0 N–H and O–H groups in total. The van der Waals surface area contributed by atoms with Crippen molar-refractivity contribution in [3.05, 3.63) is 19.9 Å². The van der Waals surface area contributed by atoms with E-state index >= 15 is 0 Å². The van der Waals surface area contributed by atoms with Gasteiger partial charge in [-0.05, 0) is 29.5 Å². The third-order valence-electron chi connectivity index (χ3n) is 1.64. The minimum absolute atomic E-state index is 0.164. The molecule has 0 amide bonds. The summed E-state index contributed by atoms with van der Waals surface area (Å²) in [7, 11) is 0. The fourth-order valence-corrected chi connectivity index (χ4v) is 4.41. The van der Waals surface area contributed by atoms with E-state index in [0.717, 1.165) is 10.9 Å². The van der Waals surface area contributed by atoms with Crippen molar-refractivity contribution in [3.63, 3.8) is 0 Å². The SMILES string of the molecule is CC(=O)c1csc2scc(I)c12. The number of halogens is 1. The van der Waals surface area contributed by atoms with Crippen LogP contribution in [-0.4, -0.2) is 5.78 Å². The highest BCUT2D eigenvalue weighted by Gasteiger charge is 2.12. The molecule has 0 atom stereocenters. The lowest BCUT2D eigenvalue weighted by Gasteiger charge is -1.88. The number of Topliss-reactive ketones (excluding diaryl/α,β-unsaturated/α-hetero) is 1. The van der Waals surface area contributed by atoms with Crippen molar-refractivity contribution >= 4 is 60.4 Å². The molecule has 0 spiro atoms. The highest BCUT2D eigenvalue weighted by Crippen LogP contribution is 2.35. The average Bonchev–Trinajstić information content (AvgIpc) is 2.53. The number of hydrogen-bond acceptors (Lipinski definition) is 3. The Hall–Kier alpha value is 0.0600. The van der Waals surface area contributed by atoms with Crippen LogP contribution in [0.25, 0.3) is 9.40 Å². The van der Waals surface area contributed by atoms with Crippen molar-refractivity contribution in [1.82, 2.24) is 0 Å². The topological polar surface area (TPSA) is 17.1 Å². The van der Waals surface area contributed by atoms with Crippen LogP contribution in [0.15, 0.2) is 10.8 Å². The number of carbonyl (C=O) groups excluding carboxylic acids is 1. The number of thiophene rings is 2. The van der Waals surface area contributed by atoms with Crippen LogP contribution < -0.4 is 0 Å². The lowest BCUT2D eigenvalue weighted by Crippen LogP contribution is -1.88. The fraction of sp³-hybridized carbons (Fsp3) is 0.125. The molecule has 0 saturated heterocycles. The van der Waals surface area contributed by atoms with Gasteiger partial charge in [0.05, 0.1) is 4.01 Å². The molecule has 2 rings (SSSR count). The molecule has 0 aliphatic carbocycles. The molecule has 2 heterocycles. The van der Waals surface area contributed by atoms with Crippen LogP contribution in [0.2, 0.25) is 0 Å². The Kier molecular flexibility index (Phi) is 2.22. The van der Waals surface area contributed by atoms with Gasteiger partial charge in [-0.3, -0.25) is 4.79 Å². The van der Waals surface area contributed by atoms with Crippen LogP contribution in [0.3, 0.4) is 0 Å². The molecule has 0 saturated carbocycles. The standard InChI is InChI=1S/C8H5IOS2/c1-4(10)5-2-11-8-7(5)6(9)3-12-8/h2-3H,1H3. The smallest absolute Gasteiger partial charge is 0.161 e. The van der Waals surface area contributed by atoms with Crippen molar-refractivity contribution in [2.24, 2.45) is 0 Å². The van der Waals surface area contributed by atoms with Gasteiger partial charge in [0.1, 0.15) is 0 Å². The van der Waals surface area contributed by atoms with E-state index in [9.17, 15) is 4.79 Å². The normalized spacial score (nSPS) is 10.8. The van der Waals surface area contributed by atoms with Gasteiger partial charge in [-0.15, -0.1) is 22.7 Å². The highest BCUT2D eigenvalue weighted by molar-refractivity contribution is 14.1. The number of ketones is 1. The van der Waals surface area contributed by atoms with Crippen molar-refractivity contribution in [1.29, 1.82) is 0 Å². The summed E-state index contributed by atoms with van der Waals surface area (Å²) in [5.74, 6) is 0.164. The monoisotopic (exact) mass is 308 g/mol. The molecule has 4 heteroatoms. The minimum Gasteiger partial charge on any atom is -0.294 e. The van der Waals surface area contributed by atoms with E-state index in [0.29, 0.717) is 0 Å². The van der Waals surface area contributed by atoms with Crippen molar-refractivity contribution in [3.8, 4) is 0 Å². The van der Waals surface area contributed by atoms with E-state index in [1.54, 1.807) is 29.6 Å². The first kappa shape index (κ1) is 8.65. The summed E-state index contributed by atoms with van der Waals surface area (Å²) in [6.07, 6.45) is 0. The summed E-state index contributed by atoms with van der Waals surface area (Å²) in [6.45, 7) is 1.62. The molecule has 0 aliphatic rings. The maximum absolute atomic E-state index is 11.2. The zero-order chi connectivity index (χ0) is 8.72. The molecule has 12 heavy (non-hydrogen) atoms. The zero-order valence-electron chi connectivity index (χ0n) is 6.26. The first-order valence-corrected chi connectivity index (χ1v) is 6.19. The number of hydrogen-bond donors (Lipinski definition) is 0. The molecule has 0 fully saturated rings. The van der Waals surface area contributed by atoms with Gasteiger partial charge in [0, 0.05) is 25.3 Å². The van der Waals surface area contributed by atoms with E-state index in [1.807, 2.05) is 5.38 Å². The Morgan fingerprint density at radius 1 is 1.42 bits per heavy atom. The summed E-state index contributed by atoms with van der Waals surface area (Å²) < 4.78 is 2.45. The Morgan fingerprint density at radius 2 is 2.08 bits per heavy atom. The molecule has 2 aromatic heterocycles. The number of fused-ring (bicyclic) bond motifs is 1. The molecule has 0 aromatic carbocycles. The number of carbonyl (C=O) groups is 1. The molecule has 2 aromatic rings. The van der Waals surface area contributed by atoms with Crippen molar-refractivity contribution in [2.75, 3.05) is 0 Å². The zero-order valence-corrected chi connectivity index (χ0v) is 10.0. The van der Waals surface area contributed by atoms with Gasteiger partial charge in [-0.2, -0.15) is 0 Å². The maximum atomic E-state index is 11.2. The molecule has 0 unspecified atom stereocenters. The average molecular weight is 308 g/mol. The van der Waals surface area contributed by atoms with Crippen LogP contribution in [0.5, 0.6) is 0 Å². The van der Waals surface area contributed by atoms with E-state index in [-0.39, 0.29) is 5.78 Å². The largest absolute Gasteiger partial charge is 0.294 e. The second kappa shape index (κ2) is 3.08. The van der Waals surface area contributed by atoms with Crippen LogP contribution in [0, 0.1) is 3.57 Å². The molecule has 0 bridgehead atoms. The minimum atomic E-state index is 0.164. The Bertz CT molecular complexity index is 441. The van der Waals surface area contributed by atoms with Crippen molar-refractivity contribution < 1.29 is 4.79 Å². The maximum Gasteiger partial charge on any atom is 0.161 e. The third-order valence-corrected chi connectivity index (χ3v) is 5.04. The van der Waals surface area contributed by atoms with E-state index in [1.165, 1.54) is 7.58 Å². The quantitative estimate of drug-likeness (QED) is 0.579. The summed E-state index contributed by atoms with van der Waals surface area (Å²) in [5.41, 5.74) is 0.876. The van der Waals surface area contributed by atoms with Crippen molar-refractivity contribution in [2.45, 2.75) is 6.92 Å². The van der Waals surface area contributed by atoms with Crippen LogP contribution in [0.1, 0.15) is 17.3 Å². The summed E-state index contributed by atoms with van der Waals surface area (Å²) in [5, 5.41) is 5.19. The molecule has 0 aliphatic heterocycles. The van der Waals surface area contributed by atoms with E-state index < -0.39 is 0 Å². The van der Waals surface area contributed by atoms with E-state index in [4.69, 9.17) is 0 Å². The second-order valence-electron chi connectivity index (χ2n) is 2.45. The van der Waals surface area contributed by atoms with Gasteiger partial charge < -0.3 is 0 Å². The third kappa shape index (κ3) is 1.22. The number of rotatable bonds is 1. The lowest BCUT2D eigenvalue weighted by molar-refractivity contribution is 0.101. The predicted molar refractivity (Wildman–Crippen MR) is 62.4 cm³/mol. The van der Waals surface area contributed by atoms with Gasteiger partial charge in [0.2, 0.25) is 0 Å². The summed E-state index contributed by atoms with van der Waals surface area (Å²) in [4.78, 5) is 11.2. The summed E-state index contributed by atoms with van der Waals surface area (Å²) in [6, 6.07) is 0. The Morgan fingerprint density at radius 3 is 2.75 bits per heavy atom. The predicted octanol–water partition coefficient (Wildman–Crippen LogP) is 3.77.